The zero-order valence-corrected chi connectivity index (χ0v) is 18.3. The van der Waals surface area contributed by atoms with Crippen molar-refractivity contribution in [3.05, 3.63) is 95.3 Å². The molecule has 0 unspecified atom stereocenters. The fraction of sp³-hybridized carbons (Fsp3) is 0.0800. The molecule has 3 N–H and O–H groups in total. The zero-order valence-electron chi connectivity index (χ0n) is 17.5. The van der Waals surface area contributed by atoms with Gasteiger partial charge < -0.3 is 11.1 Å². The van der Waals surface area contributed by atoms with Crippen LogP contribution in [0.15, 0.2) is 78.9 Å². The van der Waals surface area contributed by atoms with Crippen LogP contribution in [0.5, 0.6) is 0 Å². The number of fused-ring (bicyclic) bond motifs is 1. The fourth-order valence-corrected chi connectivity index (χ4v) is 3.91. The standard InChI is InChI=1S/C25H20ClFN6/c26-20-9-5-4-8-19(20)22-21-23(28)33(18-12-10-17(27)11-13-18)32-24(21)31-25(30-22)29-15-14-16-6-2-1-3-7-16/h1-13H,14-15,28H2,(H,29,31,32). The molecule has 0 amide bonds. The second kappa shape index (κ2) is 8.88. The Kier molecular flexibility index (Phi) is 5.62. The number of rotatable bonds is 6. The second-order valence-corrected chi connectivity index (χ2v) is 7.92. The van der Waals surface area contributed by atoms with E-state index in [2.05, 4.69) is 27.5 Å². The highest BCUT2D eigenvalue weighted by atomic mass is 35.5. The van der Waals surface area contributed by atoms with E-state index in [1.54, 1.807) is 18.2 Å². The van der Waals surface area contributed by atoms with Gasteiger partial charge in [-0.25, -0.2) is 14.1 Å². The van der Waals surface area contributed by atoms with Crippen molar-refractivity contribution in [2.75, 3.05) is 17.6 Å². The van der Waals surface area contributed by atoms with Crippen molar-refractivity contribution in [2.24, 2.45) is 0 Å². The monoisotopic (exact) mass is 458 g/mol. The summed E-state index contributed by atoms with van der Waals surface area (Å²) in [5.41, 5.74) is 10.0. The molecule has 0 spiro atoms. The third-order valence-corrected chi connectivity index (χ3v) is 5.64. The molecule has 2 heterocycles. The molecule has 0 aliphatic carbocycles. The van der Waals surface area contributed by atoms with Crippen molar-refractivity contribution in [3.8, 4) is 16.9 Å². The summed E-state index contributed by atoms with van der Waals surface area (Å²) < 4.78 is 15.0. The molecule has 0 atom stereocenters. The van der Waals surface area contributed by atoms with Crippen LogP contribution in [0.25, 0.3) is 28.0 Å². The highest BCUT2D eigenvalue weighted by Gasteiger charge is 2.20. The summed E-state index contributed by atoms with van der Waals surface area (Å²) in [4.78, 5) is 9.34. The maximum Gasteiger partial charge on any atom is 0.225 e. The summed E-state index contributed by atoms with van der Waals surface area (Å²) in [5.74, 6) is 0.440. The van der Waals surface area contributed by atoms with Gasteiger partial charge in [0.25, 0.3) is 0 Å². The Morgan fingerprint density at radius 1 is 0.909 bits per heavy atom. The second-order valence-electron chi connectivity index (χ2n) is 7.51. The van der Waals surface area contributed by atoms with Gasteiger partial charge in [-0.2, -0.15) is 4.98 Å². The highest BCUT2D eigenvalue weighted by Crippen LogP contribution is 2.35. The average molecular weight is 459 g/mol. The summed E-state index contributed by atoms with van der Waals surface area (Å²) in [6.45, 7) is 0.644. The summed E-state index contributed by atoms with van der Waals surface area (Å²) >= 11 is 6.50. The molecule has 0 aliphatic heterocycles. The van der Waals surface area contributed by atoms with Gasteiger partial charge in [0.05, 0.1) is 16.8 Å². The van der Waals surface area contributed by atoms with E-state index >= 15 is 0 Å². The number of aromatic nitrogens is 4. The lowest BCUT2D eigenvalue weighted by atomic mass is 10.1. The molecular formula is C25H20ClFN6. The molecular weight excluding hydrogens is 439 g/mol. The molecule has 0 saturated carbocycles. The molecule has 0 fully saturated rings. The number of anilines is 2. The van der Waals surface area contributed by atoms with E-state index in [0.717, 1.165) is 12.0 Å². The third-order valence-electron chi connectivity index (χ3n) is 5.31. The Morgan fingerprint density at radius 3 is 2.39 bits per heavy atom. The molecule has 8 heteroatoms. The molecule has 164 valence electrons. The molecule has 0 bridgehead atoms. The van der Waals surface area contributed by atoms with E-state index in [4.69, 9.17) is 22.3 Å². The van der Waals surface area contributed by atoms with Crippen molar-refractivity contribution >= 4 is 34.4 Å². The van der Waals surface area contributed by atoms with E-state index in [0.29, 0.717) is 45.7 Å². The lowest BCUT2D eigenvalue weighted by molar-refractivity contribution is 0.627. The maximum atomic E-state index is 13.4. The lowest BCUT2D eigenvalue weighted by Crippen LogP contribution is -2.09. The van der Waals surface area contributed by atoms with Crippen molar-refractivity contribution < 1.29 is 4.39 Å². The van der Waals surface area contributed by atoms with E-state index in [-0.39, 0.29) is 5.82 Å². The SMILES string of the molecule is Nc1c2c(-c3ccccc3Cl)nc(NCCc3ccccc3)nc2nn1-c1ccc(F)cc1. The molecule has 33 heavy (non-hydrogen) atoms. The topological polar surface area (TPSA) is 81.7 Å². The molecule has 6 nitrogen and oxygen atoms in total. The Balaban J connectivity index is 1.59. The van der Waals surface area contributed by atoms with Gasteiger partial charge in [-0.05, 0) is 42.3 Å². The number of nitrogen functional groups attached to an aromatic ring is 1. The number of benzene rings is 3. The minimum Gasteiger partial charge on any atom is -0.383 e. The number of nitrogens with two attached hydrogens (primary N) is 1. The quantitative estimate of drug-likeness (QED) is 0.350. The van der Waals surface area contributed by atoms with E-state index < -0.39 is 0 Å². The van der Waals surface area contributed by atoms with Gasteiger partial charge in [0.2, 0.25) is 5.95 Å². The van der Waals surface area contributed by atoms with Gasteiger partial charge in [0.1, 0.15) is 11.6 Å². The Labute approximate surface area is 194 Å². The minimum atomic E-state index is -0.338. The van der Waals surface area contributed by atoms with Crippen molar-refractivity contribution in [1.29, 1.82) is 0 Å². The molecule has 2 aromatic heterocycles. The first-order valence-corrected chi connectivity index (χ1v) is 10.8. The third kappa shape index (κ3) is 4.23. The normalized spacial score (nSPS) is 11.1. The van der Waals surface area contributed by atoms with Crippen molar-refractivity contribution in [3.63, 3.8) is 0 Å². The van der Waals surface area contributed by atoms with Crippen LogP contribution < -0.4 is 11.1 Å². The van der Waals surface area contributed by atoms with Crippen LogP contribution in [-0.4, -0.2) is 26.3 Å². The van der Waals surface area contributed by atoms with Gasteiger partial charge in [-0.1, -0.05) is 60.1 Å². The molecule has 5 rings (SSSR count). The van der Waals surface area contributed by atoms with Crippen LogP contribution >= 0.6 is 11.6 Å². The highest BCUT2D eigenvalue weighted by molar-refractivity contribution is 6.33. The summed E-state index contributed by atoms with van der Waals surface area (Å²) in [7, 11) is 0. The fourth-order valence-electron chi connectivity index (χ4n) is 3.68. The van der Waals surface area contributed by atoms with Gasteiger partial charge in [0.15, 0.2) is 5.65 Å². The maximum absolute atomic E-state index is 13.4. The smallest absolute Gasteiger partial charge is 0.225 e. The zero-order chi connectivity index (χ0) is 22.8. The minimum absolute atomic E-state index is 0.338. The first-order chi connectivity index (χ1) is 16.1. The Morgan fingerprint density at radius 2 is 1.64 bits per heavy atom. The van der Waals surface area contributed by atoms with Gasteiger partial charge >= 0.3 is 0 Å². The van der Waals surface area contributed by atoms with Gasteiger partial charge in [0, 0.05) is 17.1 Å². The largest absolute Gasteiger partial charge is 0.383 e. The molecule has 0 saturated heterocycles. The summed E-state index contributed by atoms with van der Waals surface area (Å²) in [5, 5.41) is 9.00. The van der Waals surface area contributed by atoms with Gasteiger partial charge in [-0.15, -0.1) is 5.10 Å². The van der Waals surface area contributed by atoms with Crippen LogP contribution in [-0.2, 0) is 6.42 Å². The van der Waals surface area contributed by atoms with Crippen LogP contribution in [0, 0.1) is 5.82 Å². The number of nitrogens with zero attached hydrogens (tertiary/aromatic N) is 4. The van der Waals surface area contributed by atoms with Crippen molar-refractivity contribution in [1.82, 2.24) is 19.7 Å². The average Bonchev–Trinajstić information content (AvgIpc) is 3.16. The first-order valence-electron chi connectivity index (χ1n) is 10.4. The Hall–Kier alpha value is -3.97. The molecule has 5 aromatic rings. The number of nitrogens with one attached hydrogen (secondary N) is 1. The van der Waals surface area contributed by atoms with Crippen LogP contribution in [0.1, 0.15) is 5.56 Å². The Bertz CT molecular complexity index is 1420. The van der Waals surface area contributed by atoms with E-state index in [1.807, 2.05) is 36.4 Å². The lowest BCUT2D eigenvalue weighted by Gasteiger charge is -2.10. The van der Waals surface area contributed by atoms with Crippen LogP contribution in [0.4, 0.5) is 16.2 Å². The molecule has 0 aliphatic rings. The number of hydrogen-bond donors (Lipinski definition) is 2. The van der Waals surface area contributed by atoms with Gasteiger partial charge in [-0.3, -0.25) is 0 Å². The van der Waals surface area contributed by atoms with Crippen molar-refractivity contribution in [2.45, 2.75) is 6.42 Å². The summed E-state index contributed by atoms with van der Waals surface area (Å²) in [6, 6.07) is 23.5. The molecule has 0 radical (unpaired) electrons. The number of hydrogen-bond acceptors (Lipinski definition) is 5. The summed E-state index contributed by atoms with van der Waals surface area (Å²) in [6.07, 6.45) is 0.815. The van der Waals surface area contributed by atoms with Crippen LogP contribution in [0.2, 0.25) is 5.02 Å². The van der Waals surface area contributed by atoms with Crippen LogP contribution in [0.3, 0.4) is 0 Å². The molecule has 3 aromatic carbocycles. The van der Waals surface area contributed by atoms with E-state index in [9.17, 15) is 4.39 Å². The number of halogens is 2. The first kappa shape index (κ1) is 20.9. The predicted molar refractivity (Wildman–Crippen MR) is 130 cm³/mol. The van der Waals surface area contributed by atoms with E-state index in [1.165, 1.54) is 22.4 Å². The predicted octanol–water partition coefficient (Wildman–Crippen LogP) is 5.51.